The van der Waals surface area contributed by atoms with Gasteiger partial charge in [-0.2, -0.15) is 17.6 Å². The van der Waals surface area contributed by atoms with Crippen LogP contribution in [-0.4, -0.2) is 15.5 Å². The van der Waals surface area contributed by atoms with Gasteiger partial charge in [-0.15, -0.1) is 0 Å². The lowest BCUT2D eigenvalue weighted by Crippen LogP contribution is -2.39. The Morgan fingerprint density at radius 1 is 1.25 bits per heavy atom. The van der Waals surface area contributed by atoms with E-state index in [0.29, 0.717) is 6.33 Å². The summed E-state index contributed by atoms with van der Waals surface area (Å²) in [5.74, 6) is -4.09. The molecule has 0 bridgehead atoms. The maximum atomic E-state index is 12.7. The van der Waals surface area contributed by atoms with Crippen LogP contribution in [0.3, 0.4) is 0 Å². The van der Waals surface area contributed by atoms with Gasteiger partial charge < -0.3 is 0 Å². The molecule has 0 atom stereocenters. The standard InChI is InChI=1S/C6H6F4N2/c1-5(7,8)6(9,10)12-3-2-11-4-12/h2-4H,1H3. The van der Waals surface area contributed by atoms with Gasteiger partial charge in [0, 0.05) is 19.3 Å². The molecular formula is C6H6F4N2. The summed E-state index contributed by atoms with van der Waals surface area (Å²) in [7, 11) is 0. The predicted molar refractivity (Wildman–Crippen MR) is 33.0 cm³/mol. The van der Waals surface area contributed by atoms with Crippen molar-refractivity contribution in [3.63, 3.8) is 0 Å². The van der Waals surface area contributed by atoms with Crippen molar-refractivity contribution >= 4 is 0 Å². The second-order valence-corrected chi connectivity index (χ2v) is 2.40. The monoisotopic (exact) mass is 182 g/mol. The minimum atomic E-state index is -4.22. The van der Waals surface area contributed by atoms with Crippen LogP contribution in [-0.2, 0) is 6.05 Å². The SMILES string of the molecule is CC(F)(F)C(F)(F)n1ccnc1. The van der Waals surface area contributed by atoms with E-state index in [9.17, 15) is 17.6 Å². The summed E-state index contributed by atoms with van der Waals surface area (Å²) in [6.07, 6.45) is 2.45. The number of hydrogen-bond donors (Lipinski definition) is 0. The van der Waals surface area contributed by atoms with Crippen LogP contribution in [0.15, 0.2) is 18.7 Å². The normalized spacial score (nSPS) is 13.4. The summed E-state index contributed by atoms with van der Waals surface area (Å²) < 4.78 is 49.9. The van der Waals surface area contributed by atoms with Crippen LogP contribution in [0.4, 0.5) is 17.6 Å². The molecule has 68 valence electrons. The lowest BCUT2D eigenvalue weighted by Gasteiger charge is -2.23. The van der Waals surface area contributed by atoms with Crippen molar-refractivity contribution in [2.45, 2.75) is 18.9 Å². The Labute approximate surface area is 65.8 Å². The second kappa shape index (κ2) is 2.46. The van der Waals surface area contributed by atoms with Gasteiger partial charge in [-0.3, -0.25) is 4.57 Å². The van der Waals surface area contributed by atoms with E-state index in [-0.39, 0.29) is 11.5 Å². The first-order valence-electron chi connectivity index (χ1n) is 3.10. The zero-order valence-electron chi connectivity index (χ0n) is 6.14. The van der Waals surface area contributed by atoms with Gasteiger partial charge in [-0.05, 0) is 0 Å². The fourth-order valence-corrected chi connectivity index (χ4v) is 0.652. The minimum Gasteiger partial charge on any atom is -0.272 e. The average Bonchev–Trinajstić information content (AvgIpc) is 2.34. The highest BCUT2D eigenvalue weighted by Crippen LogP contribution is 2.37. The third-order valence-electron chi connectivity index (χ3n) is 1.36. The number of alkyl halides is 4. The highest BCUT2D eigenvalue weighted by molar-refractivity contribution is 4.85. The van der Waals surface area contributed by atoms with Crippen LogP contribution in [0.1, 0.15) is 6.92 Å². The van der Waals surface area contributed by atoms with Crippen LogP contribution >= 0.6 is 0 Å². The van der Waals surface area contributed by atoms with Crippen molar-refractivity contribution in [2.24, 2.45) is 0 Å². The van der Waals surface area contributed by atoms with Gasteiger partial charge in [0.05, 0.1) is 6.33 Å². The van der Waals surface area contributed by atoms with Crippen molar-refractivity contribution in [1.82, 2.24) is 9.55 Å². The third kappa shape index (κ3) is 1.28. The molecule has 6 heteroatoms. The zero-order chi connectivity index (χ0) is 9.41. The van der Waals surface area contributed by atoms with E-state index in [1.807, 2.05) is 0 Å². The molecule has 0 aliphatic carbocycles. The number of rotatable bonds is 2. The Morgan fingerprint density at radius 2 is 1.83 bits per heavy atom. The average molecular weight is 182 g/mol. The van der Waals surface area contributed by atoms with E-state index in [1.165, 1.54) is 0 Å². The molecule has 0 unspecified atom stereocenters. The van der Waals surface area contributed by atoms with Crippen molar-refractivity contribution < 1.29 is 17.6 Å². The molecule has 1 aromatic rings. The van der Waals surface area contributed by atoms with Gasteiger partial charge in [0.1, 0.15) is 0 Å². The summed E-state index contributed by atoms with van der Waals surface area (Å²) in [5.41, 5.74) is 0. The fourth-order valence-electron chi connectivity index (χ4n) is 0.652. The molecular weight excluding hydrogens is 176 g/mol. The Bertz CT molecular complexity index is 249. The van der Waals surface area contributed by atoms with E-state index in [1.54, 1.807) is 0 Å². The molecule has 1 aromatic heterocycles. The maximum absolute atomic E-state index is 12.7. The highest BCUT2D eigenvalue weighted by atomic mass is 19.3. The number of nitrogens with zero attached hydrogens (tertiary/aromatic N) is 2. The molecule has 0 amide bonds. The topological polar surface area (TPSA) is 17.8 Å². The lowest BCUT2D eigenvalue weighted by molar-refractivity contribution is -0.250. The molecule has 0 fully saturated rings. The second-order valence-electron chi connectivity index (χ2n) is 2.40. The van der Waals surface area contributed by atoms with E-state index in [4.69, 9.17) is 0 Å². The summed E-state index contributed by atoms with van der Waals surface area (Å²) >= 11 is 0. The van der Waals surface area contributed by atoms with Gasteiger partial charge in [-0.1, -0.05) is 0 Å². The molecule has 1 heterocycles. The van der Waals surface area contributed by atoms with Crippen LogP contribution in [0.2, 0.25) is 0 Å². The molecule has 0 saturated carbocycles. The molecule has 0 saturated heterocycles. The van der Waals surface area contributed by atoms with Crippen LogP contribution in [0.5, 0.6) is 0 Å². The third-order valence-corrected chi connectivity index (χ3v) is 1.36. The Morgan fingerprint density at radius 3 is 2.17 bits per heavy atom. The number of halogens is 4. The molecule has 0 aromatic carbocycles. The van der Waals surface area contributed by atoms with Crippen molar-refractivity contribution in [3.05, 3.63) is 18.7 Å². The molecule has 0 N–H and O–H groups in total. The fraction of sp³-hybridized carbons (Fsp3) is 0.500. The van der Waals surface area contributed by atoms with E-state index in [2.05, 4.69) is 4.98 Å². The summed E-state index contributed by atoms with van der Waals surface area (Å²) in [6.45, 7) is 0.160. The first-order valence-corrected chi connectivity index (χ1v) is 3.10. The summed E-state index contributed by atoms with van der Waals surface area (Å²) in [4.78, 5) is 3.25. The quantitative estimate of drug-likeness (QED) is 0.640. The highest BCUT2D eigenvalue weighted by Gasteiger charge is 2.53. The van der Waals surface area contributed by atoms with Gasteiger partial charge in [-0.25, -0.2) is 4.98 Å². The Balaban J connectivity index is 3.02. The first-order chi connectivity index (χ1) is 5.36. The van der Waals surface area contributed by atoms with Gasteiger partial charge in [0.2, 0.25) is 0 Å². The van der Waals surface area contributed by atoms with Crippen LogP contribution in [0, 0.1) is 0 Å². The predicted octanol–water partition coefficient (Wildman–Crippen LogP) is 2.09. The largest absolute Gasteiger partial charge is 0.392 e. The van der Waals surface area contributed by atoms with E-state index >= 15 is 0 Å². The Hall–Kier alpha value is -1.07. The Kier molecular flexibility index (Phi) is 1.85. The minimum absolute atomic E-state index is 0.0764. The number of imidazole rings is 1. The van der Waals surface area contributed by atoms with Crippen molar-refractivity contribution in [3.8, 4) is 0 Å². The van der Waals surface area contributed by atoms with E-state index in [0.717, 1.165) is 12.4 Å². The molecule has 0 aliphatic heterocycles. The zero-order valence-corrected chi connectivity index (χ0v) is 6.14. The number of hydrogen-bond acceptors (Lipinski definition) is 1. The summed E-state index contributed by atoms with van der Waals surface area (Å²) in [6, 6.07) is -4.22. The van der Waals surface area contributed by atoms with Crippen molar-refractivity contribution in [1.29, 1.82) is 0 Å². The molecule has 2 nitrogen and oxygen atoms in total. The van der Waals surface area contributed by atoms with Crippen LogP contribution in [0.25, 0.3) is 0 Å². The molecule has 0 radical (unpaired) electrons. The molecule has 0 aliphatic rings. The van der Waals surface area contributed by atoms with Crippen molar-refractivity contribution in [2.75, 3.05) is 0 Å². The molecule has 1 rings (SSSR count). The summed E-state index contributed by atoms with van der Waals surface area (Å²) in [5, 5.41) is 0. The van der Waals surface area contributed by atoms with Gasteiger partial charge >= 0.3 is 12.0 Å². The van der Waals surface area contributed by atoms with Gasteiger partial charge in [0.25, 0.3) is 0 Å². The lowest BCUT2D eigenvalue weighted by atomic mass is 10.3. The smallest absolute Gasteiger partial charge is 0.272 e. The van der Waals surface area contributed by atoms with Gasteiger partial charge in [0.15, 0.2) is 0 Å². The maximum Gasteiger partial charge on any atom is 0.392 e. The first kappa shape index (κ1) is 9.02. The number of aromatic nitrogens is 2. The van der Waals surface area contributed by atoms with Crippen LogP contribution < -0.4 is 0 Å². The van der Waals surface area contributed by atoms with E-state index < -0.39 is 12.0 Å². The molecule has 12 heavy (non-hydrogen) atoms. The molecule has 0 spiro atoms.